The normalized spacial score (nSPS) is 20.6. The first-order valence-electron chi connectivity index (χ1n) is 28.3. The van der Waals surface area contributed by atoms with Crippen molar-refractivity contribution in [1.29, 1.82) is 0 Å². The Morgan fingerprint density at radius 3 is 0.848 bits per heavy atom. The highest BCUT2D eigenvalue weighted by atomic mass is 15.1. The Hall–Kier alpha value is -6.12. The van der Waals surface area contributed by atoms with Gasteiger partial charge in [0.25, 0.3) is 0 Å². The first kappa shape index (κ1) is 9.94. The molecule has 0 aromatic heterocycles. The van der Waals surface area contributed by atoms with Gasteiger partial charge >= 0.3 is 0 Å². The molecule has 0 amide bonds. The molecule has 0 N–H and O–H groups in total. The lowest BCUT2D eigenvalue weighted by atomic mass is 9.94. The molecule has 0 fully saturated rings. The van der Waals surface area contributed by atoms with Crippen molar-refractivity contribution in [1.82, 2.24) is 0 Å². The zero-order valence-corrected chi connectivity index (χ0v) is 22.9. The number of rotatable bonds is 6. The van der Waals surface area contributed by atoms with Crippen LogP contribution in [0.1, 0.15) is 41.1 Å². The highest BCUT2D eigenvalue weighted by molar-refractivity contribution is 5.92. The minimum absolute atomic E-state index is 0.345. The van der Waals surface area contributed by atoms with Crippen LogP contribution in [-0.4, -0.2) is 0 Å². The van der Waals surface area contributed by atoms with Crippen LogP contribution < -0.4 is 9.80 Å². The summed E-state index contributed by atoms with van der Waals surface area (Å²) in [6.07, 6.45) is 0. The smallest absolute Gasteiger partial charge is 0.0651 e. The summed E-state index contributed by atoms with van der Waals surface area (Å²) >= 11 is 0. The van der Waals surface area contributed by atoms with Gasteiger partial charge in [-0.3, -0.25) is 0 Å². The summed E-state index contributed by atoms with van der Waals surface area (Å²) in [4.78, 5) is 0.895. The van der Waals surface area contributed by atoms with E-state index in [0.29, 0.717) is 9.80 Å². The molecule has 216 valence electrons. The van der Waals surface area contributed by atoms with Crippen molar-refractivity contribution < 1.29 is 41.1 Å². The molecule has 1 aliphatic carbocycles. The first-order valence-corrected chi connectivity index (χ1v) is 13.3. The van der Waals surface area contributed by atoms with Crippen LogP contribution in [-0.2, 0) is 0 Å². The van der Waals surface area contributed by atoms with Crippen LogP contribution in [0.4, 0.5) is 34.1 Å². The Morgan fingerprint density at radius 2 is 0.543 bits per heavy atom. The Labute approximate surface area is 309 Å². The van der Waals surface area contributed by atoms with Crippen molar-refractivity contribution in [3.8, 4) is 0 Å². The van der Waals surface area contributed by atoms with E-state index in [0.717, 1.165) is 0 Å². The number of hydrogen-bond donors (Lipinski definition) is 0. The predicted octanol–water partition coefficient (Wildman–Crippen LogP) is 11.8. The van der Waals surface area contributed by atoms with E-state index in [2.05, 4.69) is 0 Å². The summed E-state index contributed by atoms with van der Waals surface area (Å²) in [6, 6.07) is -29.4. The fraction of sp³-hybridized carbons (Fsp3) is 0. The lowest BCUT2D eigenvalue weighted by molar-refractivity contribution is 1.28. The van der Waals surface area contributed by atoms with Gasteiger partial charge in [0.05, 0.1) is 41.1 Å². The molecule has 0 heterocycles. The van der Waals surface area contributed by atoms with Gasteiger partial charge in [-0.05, 0) is 139 Å². The molecule has 0 bridgehead atoms. The van der Waals surface area contributed by atoms with Gasteiger partial charge in [0, 0.05) is 34.1 Å². The third-order valence-electron chi connectivity index (χ3n) is 6.89. The first-order chi connectivity index (χ1) is 35.3. The topological polar surface area (TPSA) is 6.48 Å². The van der Waals surface area contributed by atoms with E-state index in [9.17, 15) is 13.7 Å². The van der Waals surface area contributed by atoms with Crippen LogP contribution in [0, 0.1) is 20.9 Å². The molecule has 0 saturated carbocycles. The molecule has 2 nitrogen and oxygen atoms in total. The van der Waals surface area contributed by atoms with Crippen molar-refractivity contribution >= 4 is 55.7 Å². The minimum Gasteiger partial charge on any atom is -0.310 e. The summed E-state index contributed by atoms with van der Waals surface area (Å²) in [6.45, 7) is 0. The summed E-state index contributed by atoms with van der Waals surface area (Å²) in [5, 5.41) is -4.19. The molecule has 8 aromatic carbocycles. The summed E-state index contributed by atoms with van der Waals surface area (Å²) < 4.78 is 266. The number of nitrogens with zero attached hydrogens (tertiary/aromatic N) is 2. The molecule has 0 saturated heterocycles. The maximum absolute atomic E-state index is 9.65. The van der Waals surface area contributed by atoms with Gasteiger partial charge in [-0.2, -0.15) is 0 Å². The van der Waals surface area contributed by atoms with Gasteiger partial charge in [0.1, 0.15) is 0 Å². The SMILES string of the molecule is [2H]c1c([2H])c([2H])c(N(c2c([2H])c([2H])c([2H])c([2H])c2[2H])c2c([2H])c([2H])c3c([2H])c4c(c([2H])c3c2[2H])=c2c([2H])c3c([2H])c(N(c5c([2H])c([2H])c([2H])c([2H])c5[2H])c5c([2H])c([2H])c([2H])c([2H])c5[2H])c([2H])c([2H])c3c([2H])c2=4)c([2H])c1[2H]. The van der Waals surface area contributed by atoms with Crippen LogP contribution in [0.5, 0.6) is 0 Å². The molecular formula is C44H30N2. The van der Waals surface area contributed by atoms with E-state index in [1.165, 1.54) is 0 Å². The van der Waals surface area contributed by atoms with Crippen molar-refractivity contribution in [2.75, 3.05) is 9.80 Å². The highest BCUT2D eigenvalue weighted by Gasteiger charge is 2.15. The molecule has 46 heavy (non-hydrogen) atoms. The van der Waals surface area contributed by atoms with E-state index in [4.69, 9.17) is 27.4 Å². The van der Waals surface area contributed by atoms with Gasteiger partial charge in [-0.25, -0.2) is 0 Å². The maximum Gasteiger partial charge on any atom is 0.0651 e. The summed E-state index contributed by atoms with van der Waals surface area (Å²) in [5.41, 5.74) is -5.72. The minimum atomic E-state index is -1.07. The second-order valence-corrected chi connectivity index (χ2v) is 9.51. The van der Waals surface area contributed by atoms with E-state index < -0.39 is 247 Å². The Balaban J connectivity index is 1.48. The molecule has 0 aliphatic heterocycles. The van der Waals surface area contributed by atoms with Gasteiger partial charge < -0.3 is 9.80 Å². The van der Waals surface area contributed by atoms with Gasteiger partial charge in [0.2, 0.25) is 0 Å². The second kappa shape index (κ2) is 10.8. The molecule has 0 atom stereocenters. The largest absolute Gasteiger partial charge is 0.310 e. The third-order valence-corrected chi connectivity index (χ3v) is 6.89. The lowest BCUT2D eigenvalue weighted by Crippen LogP contribution is -2.09. The van der Waals surface area contributed by atoms with Crippen LogP contribution in [0.15, 0.2) is 181 Å². The second-order valence-electron chi connectivity index (χ2n) is 9.51. The monoisotopic (exact) mass is 616 g/mol. The molecule has 2 heteroatoms. The summed E-state index contributed by atoms with van der Waals surface area (Å²) in [5.74, 6) is 0. The molecule has 0 spiro atoms. The van der Waals surface area contributed by atoms with E-state index in [1.807, 2.05) is 0 Å². The average molecular weight is 617 g/mol. The van der Waals surface area contributed by atoms with Crippen LogP contribution in [0.25, 0.3) is 21.5 Å². The molecule has 0 unspecified atom stereocenters. The van der Waals surface area contributed by atoms with Gasteiger partial charge in [-0.15, -0.1) is 0 Å². The number of benzene rings is 8. The quantitative estimate of drug-likeness (QED) is 0.183. The summed E-state index contributed by atoms with van der Waals surface area (Å²) in [7, 11) is 0. The molecule has 9 rings (SSSR count). The molecule has 0 radical (unpaired) electrons. The van der Waals surface area contributed by atoms with E-state index in [1.54, 1.807) is 0 Å². The van der Waals surface area contributed by atoms with Crippen molar-refractivity contribution in [3.63, 3.8) is 0 Å². The lowest BCUT2D eigenvalue weighted by Gasteiger charge is -2.26. The van der Waals surface area contributed by atoms with Gasteiger partial charge in [0.15, 0.2) is 0 Å². The van der Waals surface area contributed by atoms with Crippen LogP contribution in [0.2, 0.25) is 0 Å². The van der Waals surface area contributed by atoms with Crippen molar-refractivity contribution in [2.45, 2.75) is 0 Å². The van der Waals surface area contributed by atoms with Crippen molar-refractivity contribution in [2.24, 2.45) is 0 Å². The number of anilines is 6. The zero-order chi connectivity index (χ0) is 56.6. The third kappa shape index (κ3) is 4.43. The van der Waals surface area contributed by atoms with E-state index >= 15 is 0 Å². The standard InChI is InChI=1S/C44H30N2/c1-5-13-35(14-6-1)45(36-15-7-2-8-16-36)39-23-21-31-27-41-42-28-32-22-24-40(26-34(32)30-44(42)43(41)29-33(31)25-39)46(37-17-9-3-10-18-37)38-19-11-4-12-20-38/h1-30H/i1D,2D,3D,4D,5D,6D,7D,8D,9D,10D,11D,12D,13D,14D,15D,16D,17D,18D,19D,20D,21D,22D,23D,24D,25D,26D,27D,28D,29D,30D. The Morgan fingerprint density at radius 1 is 0.261 bits per heavy atom. The molecular weight excluding hydrogens is 556 g/mol. The predicted molar refractivity (Wildman–Crippen MR) is 193 cm³/mol. The molecule has 1 aliphatic rings. The fourth-order valence-corrected chi connectivity index (χ4v) is 4.92. The fourth-order valence-electron chi connectivity index (χ4n) is 4.92. The maximum atomic E-state index is 9.65. The zero-order valence-electron chi connectivity index (χ0n) is 52.9. The Bertz CT molecular complexity index is 3790. The van der Waals surface area contributed by atoms with Gasteiger partial charge in [-0.1, -0.05) is 84.6 Å². The van der Waals surface area contributed by atoms with Crippen LogP contribution in [0.3, 0.4) is 0 Å². The number of para-hydroxylation sites is 4. The van der Waals surface area contributed by atoms with Crippen molar-refractivity contribution in [3.05, 3.63) is 202 Å². The highest BCUT2D eigenvalue weighted by Crippen LogP contribution is 2.38. The Kier molecular flexibility index (Phi) is 2.33. The molecule has 8 aromatic rings. The average Bonchev–Trinajstić information content (AvgIpc) is 3.40. The number of fused-ring (bicyclic) bond motifs is 4. The number of hydrogen-bond acceptors (Lipinski definition) is 2. The van der Waals surface area contributed by atoms with Crippen LogP contribution >= 0.6 is 0 Å². The van der Waals surface area contributed by atoms with E-state index in [-0.39, 0.29) is 10.4 Å².